The SMILES string of the molecule is CC[C@H](C)N(CC(=O)OC(C)(C)C)S(=O)(=O)c1ccc(OCCOC)cc1. The molecule has 0 unspecified atom stereocenters. The summed E-state index contributed by atoms with van der Waals surface area (Å²) in [6.45, 7) is 9.36. The summed E-state index contributed by atoms with van der Waals surface area (Å²) in [5.41, 5.74) is -0.677. The summed E-state index contributed by atoms with van der Waals surface area (Å²) in [5, 5.41) is 0. The summed E-state index contributed by atoms with van der Waals surface area (Å²) in [6, 6.07) is 5.78. The van der Waals surface area contributed by atoms with Crippen LogP contribution in [-0.2, 0) is 24.3 Å². The normalized spacial score (nSPS) is 13.4. The molecule has 0 fully saturated rings. The minimum absolute atomic E-state index is 0.102. The molecule has 0 bridgehead atoms. The summed E-state index contributed by atoms with van der Waals surface area (Å²) in [5.74, 6) is -0.0286. The fraction of sp³-hybridized carbons (Fsp3) is 0.632. The summed E-state index contributed by atoms with van der Waals surface area (Å²) < 4.78 is 43.0. The van der Waals surface area contributed by atoms with Gasteiger partial charge < -0.3 is 14.2 Å². The van der Waals surface area contributed by atoms with Crippen LogP contribution in [0, 0.1) is 0 Å². The molecule has 0 aromatic heterocycles. The highest BCUT2D eigenvalue weighted by atomic mass is 32.2. The van der Waals surface area contributed by atoms with E-state index in [1.807, 2.05) is 6.92 Å². The molecule has 0 spiro atoms. The van der Waals surface area contributed by atoms with Crippen LogP contribution < -0.4 is 4.74 Å². The molecule has 154 valence electrons. The fourth-order valence-corrected chi connectivity index (χ4v) is 3.92. The largest absolute Gasteiger partial charge is 0.491 e. The monoisotopic (exact) mass is 401 g/mol. The quantitative estimate of drug-likeness (QED) is 0.443. The predicted octanol–water partition coefficient (Wildman–Crippen LogP) is 2.84. The number of ether oxygens (including phenoxy) is 3. The van der Waals surface area contributed by atoms with Crippen molar-refractivity contribution in [1.82, 2.24) is 4.31 Å². The first kappa shape index (κ1) is 23.4. The number of sulfonamides is 1. The molecule has 1 aromatic rings. The minimum Gasteiger partial charge on any atom is -0.491 e. The summed E-state index contributed by atoms with van der Waals surface area (Å²) in [7, 11) is -2.28. The van der Waals surface area contributed by atoms with Gasteiger partial charge in [0.05, 0.1) is 11.5 Å². The molecule has 7 nitrogen and oxygen atoms in total. The topological polar surface area (TPSA) is 82.1 Å². The lowest BCUT2D eigenvalue weighted by Gasteiger charge is -2.28. The number of carbonyl (C=O) groups excluding carboxylic acids is 1. The molecular weight excluding hydrogens is 370 g/mol. The van der Waals surface area contributed by atoms with Crippen molar-refractivity contribution in [2.75, 3.05) is 26.9 Å². The number of hydrogen-bond donors (Lipinski definition) is 0. The number of esters is 1. The Bertz CT molecular complexity index is 694. The van der Waals surface area contributed by atoms with E-state index >= 15 is 0 Å². The lowest BCUT2D eigenvalue weighted by Crippen LogP contribution is -2.43. The molecule has 1 atom stereocenters. The van der Waals surface area contributed by atoms with Gasteiger partial charge in [0, 0.05) is 13.2 Å². The first-order chi connectivity index (χ1) is 12.5. The minimum atomic E-state index is -3.85. The Kier molecular flexibility index (Phi) is 8.71. The predicted molar refractivity (Wildman–Crippen MR) is 103 cm³/mol. The zero-order chi connectivity index (χ0) is 20.7. The molecule has 0 heterocycles. The Balaban J connectivity index is 3.01. The lowest BCUT2D eigenvalue weighted by atomic mass is 10.2. The third-order valence-corrected chi connectivity index (χ3v) is 5.75. The van der Waals surface area contributed by atoms with E-state index < -0.39 is 21.6 Å². The smallest absolute Gasteiger partial charge is 0.321 e. The third-order valence-electron chi connectivity index (χ3n) is 3.77. The Labute approximate surface area is 162 Å². The lowest BCUT2D eigenvalue weighted by molar-refractivity contribution is -0.155. The summed E-state index contributed by atoms with van der Waals surface area (Å²) >= 11 is 0. The van der Waals surface area contributed by atoms with Crippen molar-refractivity contribution in [3.8, 4) is 5.75 Å². The van der Waals surface area contributed by atoms with Gasteiger partial charge in [-0.05, 0) is 58.4 Å². The molecule has 0 saturated heterocycles. The molecule has 0 radical (unpaired) electrons. The van der Waals surface area contributed by atoms with E-state index in [2.05, 4.69) is 0 Å². The van der Waals surface area contributed by atoms with E-state index in [0.29, 0.717) is 25.4 Å². The molecule has 0 amide bonds. The van der Waals surface area contributed by atoms with Crippen LogP contribution in [0.25, 0.3) is 0 Å². The van der Waals surface area contributed by atoms with Crippen LogP contribution in [0.5, 0.6) is 5.75 Å². The Morgan fingerprint density at radius 1 is 1.15 bits per heavy atom. The number of benzene rings is 1. The van der Waals surface area contributed by atoms with Crippen LogP contribution in [0.4, 0.5) is 0 Å². The van der Waals surface area contributed by atoms with E-state index in [9.17, 15) is 13.2 Å². The second-order valence-electron chi connectivity index (χ2n) is 7.21. The molecule has 0 aliphatic heterocycles. The van der Waals surface area contributed by atoms with E-state index in [0.717, 1.165) is 0 Å². The number of hydrogen-bond acceptors (Lipinski definition) is 6. The van der Waals surface area contributed by atoms with Gasteiger partial charge in [0.1, 0.15) is 24.5 Å². The van der Waals surface area contributed by atoms with Gasteiger partial charge in [0.25, 0.3) is 0 Å². The van der Waals surface area contributed by atoms with Crippen molar-refractivity contribution >= 4 is 16.0 Å². The number of methoxy groups -OCH3 is 1. The molecule has 0 aliphatic carbocycles. The van der Waals surface area contributed by atoms with Gasteiger partial charge >= 0.3 is 5.97 Å². The maximum Gasteiger partial charge on any atom is 0.321 e. The zero-order valence-corrected chi connectivity index (χ0v) is 17.8. The maximum atomic E-state index is 13.1. The fourth-order valence-electron chi connectivity index (χ4n) is 2.27. The zero-order valence-electron chi connectivity index (χ0n) is 17.0. The van der Waals surface area contributed by atoms with Crippen LogP contribution in [-0.4, -0.2) is 57.2 Å². The molecule has 1 aromatic carbocycles. The van der Waals surface area contributed by atoms with Gasteiger partial charge in [-0.25, -0.2) is 8.42 Å². The average Bonchev–Trinajstić information content (AvgIpc) is 2.58. The second kappa shape index (κ2) is 10.1. The van der Waals surface area contributed by atoms with Gasteiger partial charge in [-0.15, -0.1) is 0 Å². The first-order valence-electron chi connectivity index (χ1n) is 8.96. The van der Waals surface area contributed by atoms with Crippen molar-refractivity contribution < 1.29 is 27.4 Å². The van der Waals surface area contributed by atoms with E-state index in [4.69, 9.17) is 14.2 Å². The molecule has 0 saturated carbocycles. The van der Waals surface area contributed by atoms with Crippen molar-refractivity contribution in [3.63, 3.8) is 0 Å². The average molecular weight is 402 g/mol. The van der Waals surface area contributed by atoms with Crippen LogP contribution in [0.1, 0.15) is 41.0 Å². The van der Waals surface area contributed by atoms with Crippen LogP contribution in [0.15, 0.2) is 29.2 Å². The molecule has 8 heteroatoms. The van der Waals surface area contributed by atoms with Crippen molar-refractivity contribution in [2.45, 2.75) is 57.6 Å². The van der Waals surface area contributed by atoms with Gasteiger partial charge in [0.2, 0.25) is 10.0 Å². The number of carbonyl (C=O) groups is 1. The van der Waals surface area contributed by atoms with Crippen molar-refractivity contribution in [1.29, 1.82) is 0 Å². The number of rotatable bonds is 10. The van der Waals surface area contributed by atoms with Gasteiger partial charge in [0.15, 0.2) is 0 Å². The van der Waals surface area contributed by atoms with E-state index in [-0.39, 0.29) is 17.5 Å². The Morgan fingerprint density at radius 2 is 1.74 bits per heavy atom. The van der Waals surface area contributed by atoms with Crippen LogP contribution in [0.3, 0.4) is 0 Å². The van der Waals surface area contributed by atoms with Gasteiger partial charge in [-0.1, -0.05) is 6.92 Å². The second-order valence-corrected chi connectivity index (χ2v) is 9.10. The Morgan fingerprint density at radius 3 is 2.22 bits per heavy atom. The van der Waals surface area contributed by atoms with E-state index in [1.54, 1.807) is 46.9 Å². The highest BCUT2D eigenvalue weighted by Gasteiger charge is 2.32. The van der Waals surface area contributed by atoms with E-state index in [1.165, 1.54) is 16.4 Å². The third kappa shape index (κ3) is 7.48. The molecule has 0 aliphatic rings. The van der Waals surface area contributed by atoms with Gasteiger partial charge in [-0.2, -0.15) is 4.31 Å². The molecule has 0 N–H and O–H groups in total. The first-order valence-corrected chi connectivity index (χ1v) is 10.4. The van der Waals surface area contributed by atoms with Gasteiger partial charge in [-0.3, -0.25) is 4.79 Å². The summed E-state index contributed by atoms with van der Waals surface area (Å²) in [4.78, 5) is 12.3. The Hall–Kier alpha value is -1.64. The van der Waals surface area contributed by atoms with Crippen LogP contribution >= 0.6 is 0 Å². The maximum absolute atomic E-state index is 13.1. The standard InChI is InChI=1S/C19H31NO6S/c1-7-15(2)20(14-18(21)26-19(3,4)5)27(22,23)17-10-8-16(9-11-17)25-13-12-24-6/h8-11,15H,7,12-14H2,1-6H3/t15-/m0/s1. The molecule has 1 rings (SSSR count). The number of nitrogens with zero attached hydrogens (tertiary/aromatic N) is 1. The highest BCUT2D eigenvalue weighted by Crippen LogP contribution is 2.23. The highest BCUT2D eigenvalue weighted by molar-refractivity contribution is 7.89. The van der Waals surface area contributed by atoms with Crippen molar-refractivity contribution in [2.24, 2.45) is 0 Å². The molecular formula is C19H31NO6S. The van der Waals surface area contributed by atoms with Crippen molar-refractivity contribution in [3.05, 3.63) is 24.3 Å². The summed E-state index contributed by atoms with van der Waals surface area (Å²) in [6.07, 6.45) is 0.570. The van der Waals surface area contributed by atoms with Crippen LogP contribution in [0.2, 0.25) is 0 Å². The molecule has 27 heavy (non-hydrogen) atoms.